The monoisotopic (exact) mass is 298 g/mol. The van der Waals surface area contributed by atoms with Gasteiger partial charge in [0, 0.05) is 12.2 Å². The van der Waals surface area contributed by atoms with Crippen molar-refractivity contribution in [2.45, 2.75) is 38.8 Å². The number of benzene rings is 1. The maximum absolute atomic E-state index is 12.4. The molecule has 20 heavy (non-hydrogen) atoms. The highest BCUT2D eigenvalue weighted by Gasteiger charge is 2.29. The van der Waals surface area contributed by atoms with Gasteiger partial charge in [-0.1, -0.05) is 19.1 Å². The van der Waals surface area contributed by atoms with Crippen molar-refractivity contribution < 1.29 is 9.53 Å². The minimum Gasteiger partial charge on any atom is -0.399 e. The molecule has 0 spiro atoms. The number of amides is 1. The number of morpholine rings is 1. The highest BCUT2D eigenvalue weighted by Crippen LogP contribution is 2.16. The maximum Gasteiger partial charge on any atom is 0.227 e. The molecule has 2 rings (SSSR count). The zero-order valence-corrected chi connectivity index (χ0v) is 12.9. The van der Waals surface area contributed by atoms with Gasteiger partial charge in [0.25, 0.3) is 0 Å². The van der Waals surface area contributed by atoms with E-state index >= 15 is 0 Å². The molecule has 2 unspecified atom stereocenters. The summed E-state index contributed by atoms with van der Waals surface area (Å²) < 4.78 is 5.62. The van der Waals surface area contributed by atoms with E-state index in [1.807, 2.05) is 36.1 Å². The normalized spacial score (nSPS) is 22.2. The van der Waals surface area contributed by atoms with Crippen LogP contribution in [0.5, 0.6) is 0 Å². The molecule has 1 amide bonds. The molecule has 0 aliphatic carbocycles. The van der Waals surface area contributed by atoms with Gasteiger partial charge in [0.2, 0.25) is 5.91 Å². The SMILES string of the molecule is CCC1COC(C)CN1C(=O)Cc1ccc(N)cc1.Cl. The summed E-state index contributed by atoms with van der Waals surface area (Å²) in [6.07, 6.45) is 1.49. The Balaban J connectivity index is 0.00000200. The van der Waals surface area contributed by atoms with Crippen molar-refractivity contribution in [1.29, 1.82) is 0 Å². The first kappa shape index (κ1) is 16.8. The van der Waals surface area contributed by atoms with Crippen LogP contribution >= 0.6 is 12.4 Å². The molecule has 1 fully saturated rings. The number of ether oxygens (including phenoxy) is 1. The molecular formula is C15H23ClN2O2. The van der Waals surface area contributed by atoms with Crippen LogP contribution in [0.4, 0.5) is 5.69 Å². The molecule has 1 heterocycles. The lowest BCUT2D eigenvalue weighted by atomic mass is 10.1. The number of nitrogens with two attached hydrogens (primary N) is 1. The van der Waals surface area contributed by atoms with E-state index in [1.165, 1.54) is 0 Å². The predicted molar refractivity (Wildman–Crippen MR) is 83.0 cm³/mol. The van der Waals surface area contributed by atoms with E-state index in [1.54, 1.807) is 0 Å². The molecule has 0 radical (unpaired) electrons. The minimum atomic E-state index is 0. The van der Waals surface area contributed by atoms with Gasteiger partial charge in [-0.15, -0.1) is 12.4 Å². The molecule has 1 aromatic rings. The number of carbonyl (C=O) groups is 1. The lowest BCUT2D eigenvalue weighted by Gasteiger charge is -2.38. The lowest BCUT2D eigenvalue weighted by Crippen LogP contribution is -2.51. The standard InChI is InChI=1S/C15H22N2O2.ClH/c1-3-14-10-19-11(2)9-17(14)15(18)8-12-4-6-13(16)7-5-12;/h4-7,11,14H,3,8-10,16H2,1-2H3;1H. The number of carbonyl (C=O) groups excluding carboxylic acids is 1. The lowest BCUT2D eigenvalue weighted by molar-refractivity contribution is -0.143. The predicted octanol–water partition coefficient (Wildman–Crippen LogP) is 2.26. The summed E-state index contributed by atoms with van der Waals surface area (Å²) in [7, 11) is 0. The summed E-state index contributed by atoms with van der Waals surface area (Å²) in [4.78, 5) is 14.4. The fourth-order valence-electron chi connectivity index (χ4n) is 2.40. The van der Waals surface area contributed by atoms with Crippen LogP contribution in [0, 0.1) is 0 Å². The zero-order valence-electron chi connectivity index (χ0n) is 12.0. The average Bonchev–Trinajstić information content (AvgIpc) is 2.41. The maximum atomic E-state index is 12.4. The molecular weight excluding hydrogens is 276 g/mol. The smallest absolute Gasteiger partial charge is 0.227 e. The van der Waals surface area contributed by atoms with Gasteiger partial charge in [-0.2, -0.15) is 0 Å². The third kappa shape index (κ3) is 4.12. The molecule has 1 saturated heterocycles. The largest absolute Gasteiger partial charge is 0.399 e. The summed E-state index contributed by atoms with van der Waals surface area (Å²) in [5.41, 5.74) is 7.38. The Morgan fingerprint density at radius 1 is 1.40 bits per heavy atom. The van der Waals surface area contributed by atoms with Crippen molar-refractivity contribution in [3.63, 3.8) is 0 Å². The van der Waals surface area contributed by atoms with Crippen molar-refractivity contribution in [2.24, 2.45) is 0 Å². The third-order valence-electron chi connectivity index (χ3n) is 3.59. The first-order chi connectivity index (χ1) is 9.10. The molecule has 1 aliphatic rings. The van der Waals surface area contributed by atoms with E-state index in [9.17, 15) is 4.79 Å². The Labute approximate surface area is 126 Å². The van der Waals surface area contributed by atoms with Crippen LogP contribution in [-0.4, -0.2) is 36.1 Å². The van der Waals surface area contributed by atoms with Crippen molar-refractivity contribution in [2.75, 3.05) is 18.9 Å². The Morgan fingerprint density at radius 2 is 2.05 bits per heavy atom. The van der Waals surface area contributed by atoms with Crippen LogP contribution in [-0.2, 0) is 16.0 Å². The van der Waals surface area contributed by atoms with Crippen LogP contribution in [0.3, 0.4) is 0 Å². The van der Waals surface area contributed by atoms with E-state index in [0.717, 1.165) is 17.7 Å². The Bertz CT molecular complexity index is 436. The van der Waals surface area contributed by atoms with E-state index in [2.05, 4.69) is 6.92 Å². The van der Waals surface area contributed by atoms with Crippen molar-refractivity contribution in [3.8, 4) is 0 Å². The summed E-state index contributed by atoms with van der Waals surface area (Å²) >= 11 is 0. The second-order valence-corrected chi connectivity index (χ2v) is 5.17. The van der Waals surface area contributed by atoms with Crippen LogP contribution < -0.4 is 5.73 Å². The first-order valence-corrected chi connectivity index (χ1v) is 6.85. The highest BCUT2D eigenvalue weighted by molar-refractivity contribution is 5.85. The van der Waals surface area contributed by atoms with Crippen LogP contribution in [0.25, 0.3) is 0 Å². The minimum absolute atomic E-state index is 0. The Kier molecular flexibility index (Phi) is 6.30. The van der Waals surface area contributed by atoms with Gasteiger partial charge in [0.05, 0.1) is 25.2 Å². The van der Waals surface area contributed by atoms with Gasteiger partial charge in [0.1, 0.15) is 0 Å². The average molecular weight is 299 g/mol. The van der Waals surface area contributed by atoms with Crippen LogP contribution in [0.15, 0.2) is 24.3 Å². The number of hydrogen-bond donors (Lipinski definition) is 1. The molecule has 5 heteroatoms. The van der Waals surface area contributed by atoms with Gasteiger partial charge in [0.15, 0.2) is 0 Å². The van der Waals surface area contributed by atoms with Crippen molar-refractivity contribution in [3.05, 3.63) is 29.8 Å². The number of nitrogens with zero attached hydrogens (tertiary/aromatic N) is 1. The molecule has 1 aromatic carbocycles. The zero-order chi connectivity index (χ0) is 13.8. The van der Waals surface area contributed by atoms with Crippen LogP contribution in [0.1, 0.15) is 25.8 Å². The number of rotatable bonds is 3. The number of nitrogen functional groups attached to an aromatic ring is 1. The molecule has 0 aromatic heterocycles. The Morgan fingerprint density at radius 3 is 2.65 bits per heavy atom. The van der Waals surface area contributed by atoms with Crippen LogP contribution in [0.2, 0.25) is 0 Å². The summed E-state index contributed by atoms with van der Waals surface area (Å²) in [5.74, 6) is 0.173. The molecule has 2 N–H and O–H groups in total. The second kappa shape index (κ2) is 7.50. The summed E-state index contributed by atoms with van der Waals surface area (Å²) in [6.45, 7) is 5.43. The summed E-state index contributed by atoms with van der Waals surface area (Å²) in [5, 5.41) is 0. The summed E-state index contributed by atoms with van der Waals surface area (Å²) in [6, 6.07) is 7.71. The molecule has 1 aliphatic heterocycles. The number of hydrogen-bond acceptors (Lipinski definition) is 3. The van der Waals surface area contributed by atoms with E-state index in [0.29, 0.717) is 19.6 Å². The topological polar surface area (TPSA) is 55.6 Å². The van der Waals surface area contributed by atoms with Crippen molar-refractivity contribution in [1.82, 2.24) is 4.90 Å². The quantitative estimate of drug-likeness (QED) is 0.871. The van der Waals surface area contributed by atoms with Gasteiger partial charge in [-0.25, -0.2) is 0 Å². The van der Waals surface area contributed by atoms with Crippen molar-refractivity contribution >= 4 is 24.0 Å². The molecule has 2 atom stereocenters. The number of halogens is 1. The first-order valence-electron chi connectivity index (χ1n) is 6.85. The Hall–Kier alpha value is -1.26. The van der Waals surface area contributed by atoms with E-state index in [-0.39, 0.29) is 30.5 Å². The molecule has 0 saturated carbocycles. The fourth-order valence-corrected chi connectivity index (χ4v) is 2.40. The molecule has 112 valence electrons. The van der Waals surface area contributed by atoms with Gasteiger partial charge in [-0.3, -0.25) is 4.79 Å². The van der Waals surface area contributed by atoms with E-state index in [4.69, 9.17) is 10.5 Å². The second-order valence-electron chi connectivity index (χ2n) is 5.17. The van der Waals surface area contributed by atoms with Gasteiger partial charge < -0.3 is 15.4 Å². The third-order valence-corrected chi connectivity index (χ3v) is 3.59. The molecule has 4 nitrogen and oxygen atoms in total. The highest BCUT2D eigenvalue weighted by atomic mass is 35.5. The van der Waals surface area contributed by atoms with Gasteiger partial charge >= 0.3 is 0 Å². The fraction of sp³-hybridized carbons (Fsp3) is 0.533. The van der Waals surface area contributed by atoms with E-state index < -0.39 is 0 Å². The molecule has 0 bridgehead atoms. The van der Waals surface area contributed by atoms with Gasteiger partial charge in [-0.05, 0) is 31.0 Å². The number of anilines is 1.